The van der Waals surface area contributed by atoms with E-state index in [4.69, 9.17) is 4.74 Å². The number of benzene rings is 1. The van der Waals surface area contributed by atoms with Gasteiger partial charge in [-0.25, -0.2) is 0 Å². The number of hydrogen-bond donors (Lipinski definition) is 1. The maximum Gasteiger partial charge on any atom is 0.320 e. The first-order chi connectivity index (χ1) is 10.3. The summed E-state index contributed by atoms with van der Waals surface area (Å²) >= 11 is 3.16. The van der Waals surface area contributed by atoms with Gasteiger partial charge >= 0.3 is 5.97 Å². The number of nitrogens with zero attached hydrogens (tertiary/aromatic N) is 2. The van der Waals surface area contributed by atoms with Crippen molar-refractivity contribution in [1.82, 2.24) is 4.90 Å². The molecule has 1 aromatic carbocycles. The molecule has 0 aliphatic rings. The molecule has 0 atom stereocenters. The molecule has 0 saturated heterocycles. The van der Waals surface area contributed by atoms with Gasteiger partial charge in [0.05, 0.1) is 30.3 Å². The van der Waals surface area contributed by atoms with Gasteiger partial charge in [0.1, 0.15) is 0 Å². The Morgan fingerprint density at radius 2 is 2.09 bits per heavy atom. The second-order valence-corrected chi connectivity index (χ2v) is 5.30. The molecule has 0 bridgehead atoms. The lowest BCUT2D eigenvalue weighted by molar-refractivity contribution is -0.384. The number of nitrogens with one attached hydrogen (secondary N) is 1. The van der Waals surface area contributed by atoms with E-state index in [1.165, 1.54) is 23.1 Å². The van der Waals surface area contributed by atoms with Crippen LogP contribution in [0, 0.1) is 10.1 Å². The zero-order chi connectivity index (χ0) is 16.7. The third kappa shape index (κ3) is 5.78. The van der Waals surface area contributed by atoms with Gasteiger partial charge in [-0.3, -0.25) is 24.6 Å². The molecule has 22 heavy (non-hydrogen) atoms. The molecule has 0 radical (unpaired) electrons. The molecule has 0 saturated carbocycles. The lowest BCUT2D eigenvalue weighted by atomic mass is 10.3. The highest BCUT2D eigenvalue weighted by Crippen LogP contribution is 2.26. The topological polar surface area (TPSA) is 102 Å². The average Bonchev–Trinajstić information content (AvgIpc) is 2.40. The number of carbonyl (C=O) groups is 2. The number of anilines is 1. The molecule has 120 valence electrons. The van der Waals surface area contributed by atoms with E-state index in [0.717, 1.165) is 0 Å². The molecule has 0 heterocycles. The lowest BCUT2D eigenvalue weighted by Gasteiger charge is -2.15. The first-order valence-corrected chi connectivity index (χ1v) is 7.20. The highest BCUT2D eigenvalue weighted by Gasteiger charge is 2.14. The first-order valence-electron chi connectivity index (χ1n) is 6.41. The largest absolute Gasteiger partial charge is 0.465 e. The Bertz CT molecular complexity index is 579. The third-order valence-electron chi connectivity index (χ3n) is 2.56. The van der Waals surface area contributed by atoms with E-state index in [9.17, 15) is 19.7 Å². The molecule has 0 unspecified atom stereocenters. The number of nitro benzene ring substituents is 1. The van der Waals surface area contributed by atoms with Crippen LogP contribution in [-0.2, 0) is 14.3 Å². The molecule has 0 aliphatic carbocycles. The summed E-state index contributed by atoms with van der Waals surface area (Å²) in [4.78, 5) is 34.8. The van der Waals surface area contributed by atoms with Crippen LogP contribution in [0.15, 0.2) is 22.7 Å². The summed E-state index contributed by atoms with van der Waals surface area (Å²) in [5.41, 5.74) is 0.337. The van der Waals surface area contributed by atoms with Crippen LogP contribution in [-0.4, -0.2) is 48.4 Å². The van der Waals surface area contributed by atoms with Crippen molar-refractivity contribution in [2.45, 2.75) is 6.92 Å². The first kappa shape index (κ1) is 18.1. The predicted molar refractivity (Wildman–Crippen MR) is 83.6 cm³/mol. The summed E-state index contributed by atoms with van der Waals surface area (Å²) < 4.78 is 5.19. The Hall–Kier alpha value is -2.00. The highest BCUT2D eigenvalue weighted by molar-refractivity contribution is 9.10. The van der Waals surface area contributed by atoms with E-state index in [2.05, 4.69) is 21.2 Å². The Morgan fingerprint density at radius 1 is 1.41 bits per heavy atom. The second kappa shape index (κ2) is 8.44. The van der Waals surface area contributed by atoms with Crippen molar-refractivity contribution in [2.75, 3.05) is 32.1 Å². The second-order valence-electron chi connectivity index (χ2n) is 4.45. The quantitative estimate of drug-likeness (QED) is 0.444. The van der Waals surface area contributed by atoms with E-state index in [-0.39, 0.29) is 31.3 Å². The number of non-ortho nitro benzene ring substituents is 1. The van der Waals surface area contributed by atoms with Crippen LogP contribution in [0.5, 0.6) is 0 Å². The fourth-order valence-electron chi connectivity index (χ4n) is 1.64. The SMILES string of the molecule is CCOC(=O)CN(C)CC(=O)Nc1ccc([N+](=O)[O-])cc1Br. The summed E-state index contributed by atoms with van der Waals surface area (Å²) in [7, 11) is 1.61. The minimum absolute atomic E-state index is 0.00267. The monoisotopic (exact) mass is 373 g/mol. The van der Waals surface area contributed by atoms with Crippen molar-refractivity contribution in [3.8, 4) is 0 Å². The number of hydrogen-bond acceptors (Lipinski definition) is 6. The van der Waals surface area contributed by atoms with E-state index in [1.807, 2.05) is 0 Å². The normalized spacial score (nSPS) is 10.4. The molecular formula is C13H16BrN3O5. The summed E-state index contributed by atoms with van der Waals surface area (Å²) in [6, 6.07) is 4.03. The number of esters is 1. The smallest absolute Gasteiger partial charge is 0.320 e. The standard InChI is InChI=1S/C13H16BrN3O5/c1-3-22-13(19)8-16(2)7-12(18)15-11-5-4-9(17(20)21)6-10(11)14/h4-6H,3,7-8H2,1-2H3,(H,15,18). The van der Waals surface area contributed by atoms with Crippen LogP contribution in [0.2, 0.25) is 0 Å². The maximum atomic E-state index is 11.9. The zero-order valence-electron chi connectivity index (χ0n) is 12.2. The molecule has 0 aromatic heterocycles. The zero-order valence-corrected chi connectivity index (χ0v) is 13.8. The molecule has 1 N–H and O–H groups in total. The van der Waals surface area contributed by atoms with E-state index >= 15 is 0 Å². The molecule has 1 rings (SSSR count). The molecule has 1 amide bonds. The molecular weight excluding hydrogens is 358 g/mol. The van der Waals surface area contributed by atoms with Gasteiger partial charge < -0.3 is 10.1 Å². The van der Waals surface area contributed by atoms with Crippen LogP contribution < -0.4 is 5.32 Å². The molecule has 0 spiro atoms. The maximum absolute atomic E-state index is 11.9. The fraction of sp³-hybridized carbons (Fsp3) is 0.385. The summed E-state index contributed by atoms with van der Waals surface area (Å²) in [6.45, 7) is 1.98. The van der Waals surface area contributed by atoms with E-state index in [1.54, 1.807) is 14.0 Å². The van der Waals surface area contributed by atoms with Crippen LogP contribution in [0.1, 0.15) is 6.92 Å². The predicted octanol–water partition coefficient (Wildman–Crippen LogP) is 1.79. The average molecular weight is 374 g/mol. The highest BCUT2D eigenvalue weighted by atomic mass is 79.9. The van der Waals surface area contributed by atoms with Crippen molar-refractivity contribution < 1.29 is 19.2 Å². The molecule has 8 nitrogen and oxygen atoms in total. The number of nitro groups is 1. The van der Waals surface area contributed by atoms with Gasteiger partial charge in [-0.05, 0) is 36.0 Å². The van der Waals surface area contributed by atoms with Gasteiger partial charge in [-0.1, -0.05) is 0 Å². The molecule has 9 heteroatoms. The van der Waals surface area contributed by atoms with E-state index in [0.29, 0.717) is 10.2 Å². The van der Waals surface area contributed by atoms with Crippen LogP contribution >= 0.6 is 15.9 Å². The molecule has 0 fully saturated rings. The molecule has 0 aliphatic heterocycles. The van der Waals surface area contributed by atoms with Gasteiger partial charge in [0.2, 0.25) is 5.91 Å². The van der Waals surface area contributed by atoms with Crippen molar-refractivity contribution >= 4 is 39.2 Å². The lowest BCUT2D eigenvalue weighted by Crippen LogP contribution is -2.34. The summed E-state index contributed by atoms with van der Waals surface area (Å²) in [5.74, 6) is -0.754. The van der Waals surface area contributed by atoms with Crippen LogP contribution in [0.25, 0.3) is 0 Å². The van der Waals surface area contributed by atoms with Gasteiger partial charge in [-0.2, -0.15) is 0 Å². The van der Waals surface area contributed by atoms with Crippen molar-refractivity contribution in [1.29, 1.82) is 0 Å². The molecule has 1 aromatic rings. The number of carbonyl (C=O) groups excluding carboxylic acids is 2. The Morgan fingerprint density at radius 3 is 2.64 bits per heavy atom. The number of likely N-dealkylation sites (N-methyl/N-ethyl adjacent to an activating group) is 1. The minimum Gasteiger partial charge on any atom is -0.465 e. The van der Waals surface area contributed by atoms with Gasteiger partial charge in [-0.15, -0.1) is 0 Å². The summed E-state index contributed by atoms with van der Waals surface area (Å²) in [6.07, 6.45) is 0. The van der Waals surface area contributed by atoms with Crippen LogP contribution in [0.3, 0.4) is 0 Å². The number of ether oxygens (including phenoxy) is 1. The number of amides is 1. The minimum atomic E-state index is -0.524. The van der Waals surface area contributed by atoms with Crippen LogP contribution in [0.4, 0.5) is 11.4 Å². The Kier molecular flexibility index (Phi) is 6.93. The Labute approximate surface area is 135 Å². The number of halogens is 1. The van der Waals surface area contributed by atoms with Crippen molar-refractivity contribution in [3.05, 3.63) is 32.8 Å². The van der Waals surface area contributed by atoms with Crippen molar-refractivity contribution in [3.63, 3.8) is 0 Å². The Balaban J connectivity index is 2.58. The van der Waals surface area contributed by atoms with Crippen molar-refractivity contribution in [2.24, 2.45) is 0 Å². The summed E-state index contributed by atoms with van der Waals surface area (Å²) in [5, 5.41) is 13.2. The van der Waals surface area contributed by atoms with Gasteiger partial charge in [0.15, 0.2) is 0 Å². The van der Waals surface area contributed by atoms with Gasteiger partial charge in [0, 0.05) is 16.6 Å². The van der Waals surface area contributed by atoms with Gasteiger partial charge in [0.25, 0.3) is 5.69 Å². The third-order valence-corrected chi connectivity index (χ3v) is 3.21. The fourth-order valence-corrected chi connectivity index (χ4v) is 2.10. The van der Waals surface area contributed by atoms with E-state index < -0.39 is 10.9 Å². The number of rotatable bonds is 7.